The fourth-order valence-corrected chi connectivity index (χ4v) is 6.33. The van der Waals surface area contributed by atoms with Gasteiger partial charge in [0.05, 0.1) is 47.8 Å². The topological polar surface area (TPSA) is 82.2 Å². The number of aryl methyl sites for hydroxylation is 1. The molecule has 2 aliphatic heterocycles. The number of ether oxygens (including phenoxy) is 6. The lowest BCUT2D eigenvalue weighted by molar-refractivity contribution is 0.0983. The quantitative estimate of drug-likeness (QED) is 0.229. The van der Waals surface area contributed by atoms with Gasteiger partial charge in [0, 0.05) is 51.4 Å². The Morgan fingerprint density at radius 1 is 0.696 bits per heavy atom. The highest BCUT2D eigenvalue weighted by atomic mass is 16.5. The van der Waals surface area contributed by atoms with Crippen LogP contribution < -0.4 is 33.3 Å². The van der Waals surface area contributed by atoms with Gasteiger partial charge in [0.25, 0.3) is 5.91 Å². The fourth-order valence-electron chi connectivity index (χ4n) is 6.33. The average Bonchev–Trinajstić information content (AvgIpc) is 3.11. The number of benzene rings is 3. The highest BCUT2D eigenvalue weighted by Gasteiger charge is 2.29. The number of hydrogen-bond acceptors (Lipinski definition) is 9. The lowest BCUT2D eigenvalue weighted by atomic mass is 9.99. The molecule has 3 aromatic carbocycles. The molecule has 248 valence electrons. The summed E-state index contributed by atoms with van der Waals surface area (Å²) in [7, 11) is 7.99. The van der Waals surface area contributed by atoms with Crippen molar-refractivity contribution in [2.45, 2.75) is 25.7 Å². The second kappa shape index (κ2) is 15.9. The largest absolute Gasteiger partial charge is 0.493 e. The molecule has 2 aliphatic rings. The average molecular weight is 634 g/mol. The Hall–Kier alpha value is -4.15. The third-order valence-electron chi connectivity index (χ3n) is 8.84. The molecule has 0 unspecified atom stereocenters. The van der Waals surface area contributed by atoms with E-state index in [4.69, 9.17) is 28.4 Å². The first kappa shape index (κ1) is 33.2. The first-order valence-electron chi connectivity index (χ1n) is 16.0. The van der Waals surface area contributed by atoms with Crippen LogP contribution in [0.4, 0.5) is 5.69 Å². The van der Waals surface area contributed by atoms with Gasteiger partial charge in [0.15, 0.2) is 23.0 Å². The van der Waals surface area contributed by atoms with Gasteiger partial charge in [-0.15, -0.1) is 0 Å². The standard InChI is InChI=1S/C36H47N3O7/c1-41-29-13-12-26(23-31(29)42-2)14-17-38-20-18-37(19-21-38)15-8-22-46-30-11-6-9-27-10-7-16-39(34(27)30)36(40)28-24-32(43-3)35(45-5)33(25-28)44-4/h6,9,11-13,23-25H,7-8,10,14-22H2,1-5H3. The van der Waals surface area contributed by atoms with Crippen molar-refractivity contribution in [2.75, 3.05) is 92.9 Å². The second-order valence-corrected chi connectivity index (χ2v) is 11.6. The third kappa shape index (κ3) is 7.62. The van der Waals surface area contributed by atoms with Gasteiger partial charge in [0.1, 0.15) is 5.75 Å². The fraction of sp³-hybridized carbons (Fsp3) is 0.472. The Morgan fingerprint density at radius 3 is 2.02 bits per heavy atom. The smallest absolute Gasteiger partial charge is 0.258 e. The summed E-state index contributed by atoms with van der Waals surface area (Å²) in [5, 5.41) is 0. The molecule has 0 bridgehead atoms. The number of amides is 1. The van der Waals surface area contributed by atoms with E-state index in [-0.39, 0.29) is 5.91 Å². The molecule has 0 N–H and O–H groups in total. The highest BCUT2D eigenvalue weighted by Crippen LogP contribution is 2.41. The van der Waals surface area contributed by atoms with Crippen molar-refractivity contribution in [3.8, 4) is 34.5 Å². The number of para-hydroxylation sites is 1. The van der Waals surface area contributed by atoms with Crippen molar-refractivity contribution < 1.29 is 33.2 Å². The molecular weight excluding hydrogens is 586 g/mol. The lowest BCUT2D eigenvalue weighted by Gasteiger charge is -2.35. The van der Waals surface area contributed by atoms with E-state index in [0.717, 1.165) is 93.5 Å². The zero-order chi connectivity index (χ0) is 32.5. The highest BCUT2D eigenvalue weighted by molar-refractivity contribution is 6.08. The predicted molar refractivity (Wildman–Crippen MR) is 179 cm³/mol. The molecule has 10 nitrogen and oxygen atoms in total. The molecular formula is C36H47N3O7. The van der Waals surface area contributed by atoms with Gasteiger partial charge in [-0.25, -0.2) is 0 Å². The van der Waals surface area contributed by atoms with Crippen molar-refractivity contribution in [3.05, 3.63) is 65.2 Å². The van der Waals surface area contributed by atoms with E-state index in [9.17, 15) is 4.79 Å². The summed E-state index contributed by atoms with van der Waals surface area (Å²) >= 11 is 0. The van der Waals surface area contributed by atoms with E-state index >= 15 is 0 Å². The molecule has 10 heteroatoms. The summed E-state index contributed by atoms with van der Waals surface area (Å²) in [6, 6.07) is 15.6. The molecule has 0 atom stereocenters. The molecule has 0 spiro atoms. The molecule has 0 aromatic heterocycles. The van der Waals surface area contributed by atoms with Crippen LogP contribution in [-0.4, -0.2) is 104 Å². The van der Waals surface area contributed by atoms with Gasteiger partial charge in [-0.1, -0.05) is 18.2 Å². The van der Waals surface area contributed by atoms with E-state index in [1.807, 2.05) is 23.1 Å². The number of fused-ring (bicyclic) bond motifs is 1. The molecule has 0 aliphatic carbocycles. The van der Waals surface area contributed by atoms with E-state index < -0.39 is 0 Å². The summed E-state index contributed by atoms with van der Waals surface area (Å²) in [5.74, 6) is 3.52. The maximum absolute atomic E-state index is 13.9. The minimum absolute atomic E-state index is 0.125. The van der Waals surface area contributed by atoms with Gasteiger partial charge in [-0.2, -0.15) is 0 Å². The summed E-state index contributed by atoms with van der Waals surface area (Å²) < 4.78 is 33.6. The van der Waals surface area contributed by atoms with Crippen molar-refractivity contribution >= 4 is 11.6 Å². The van der Waals surface area contributed by atoms with Crippen molar-refractivity contribution in [3.63, 3.8) is 0 Å². The number of methoxy groups -OCH3 is 5. The molecule has 0 saturated carbocycles. The maximum Gasteiger partial charge on any atom is 0.258 e. The molecule has 1 saturated heterocycles. The van der Waals surface area contributed by atoms with E-state index in [1.165, 1.54) is 5.56 Å². The van der Waals surface area contributed by atoms with E-state index in [2.05, 4.69) is 28.0 Å². The monoisotopic (exact) mass is 633 g/mol. The second-order valence-electron chi connectivity index (χ2n) is 11.6. The zero-order valence-corrected chi connectivity index (χ0v) is 27.8. The van der Waals surface area contributed by atoms with E-state index in [1.54, 1.807) is 47.7 Å². The minimum Gasteiger partial charge on any atom is -0.493 e. The van der Waals surface area contributed by atoms with Crippen LogP contribution in [0.15, 0.2) is 48.5 Å². The molecule has 3 aromatic rings. The zero-order valence-electron chi connectivity index (χ0n) is 27.8. The SMILES string of the molecule is COc1ccc(CCN2CCN(CCCOc3cccc4c3N(C(=O)c3cc(OC)c(OC)c(OC)c3)CCC4)CC2)cc1OC. The molecule has 1 amide bonds. The maximum atomic E-state index is 13.9. The van der Waals surface area contributed by atoms with Crippen LogP contribution in [0.2, 0.25) is 0 Å². The number of nitrogens with zero attached hydrogens (tertiary/aromatic N) is 3. The Labute approximate surface area is 272 Å². The van der Waals surface area contributed by atoms with Crippen LogP contribution in [-0.2, 0) is 12.8 Å². The van der Waals surface area contributed by atoms with Gasteiger partial charge >= 0.3 is 0 Å². The Morgan fingerprint density at radius 2 is 1.37 bits per heavy atom. The van der Waals surface area contributed by atoms with Gasteiger partial charge in [-0.3, -0.25) is 4.79 Å². The van der Waals surface area contributed by atoms with E-state index in [0.29, 0.717) is 36.0 Å². The van der Waals surface area contributed by atoms with Crippen LogP contribution in [0, 0.1) is 0 Å². The first-order valence-corrected chi connectivity index (χ1v) is 16.0. The number of piperazine rings is 1. The number of rotatable bonds is 14. The van der Waals surface area contributed by atoms with Crippen LogP contribution in [0.3, 0.4) is 0 Å². The van der Waals surface area contributed by atoms with Crippen molar-refractivity contribution in [2.24, 2.45) is 0 Å². The van der Waals surface area contributed by atoms with Gasteiger partial charge < -0.3 is 43.1 Å². The first-order chi connectivity index (χ1) is 22.5. The number of carbonyl (C=O) groups is 1. The molecule has 46 heavy (non-hydrogen) atoms. The van der Waals surface area contributed by atoms with Gasteiger partial charge in [-0.05, 0) is 67.1 Å². The lowest BCUT2D eigenvalue weighted by Crippen LogP contribution is -2.47. The predicted octanol–water partition coefficient (Wildman–Crippen LogP) is 4.95. The third-order valence-corrected chi connectivity index (χ3v) is 8.84. The Kier molecular flexibility index (Phi) is 11.5. The summed E-state index contributed by atoms with van der Waals surface area (Å²) in [4.78, 5) is 20.8. The van der Waals surface area contributed by atoms with Crippen LogP contribution >= 0.6 is 0 Å². The van der Waals surface area contributed by atoms with Crippen LogP contribution in [0.5, 0.6) is 34.5 Å². The van der Waals surface area contributed by atoms with Crippen LogP contribution in [0.25, 0.3) is 0 Å². The normalized spacial score (nSPS) is 15.2. The van der Waals surface area contributed by atoms with Crippen LogP contribution in [0.1, 0.15) is 34.3 Å². The number of carbonyl (C=O) groups excluding carboxylic acids is 1. The summed E-state index contributed by atoms with van der Waals surface area (Å²) in [6.45, 7) is 7.40. The Bertz CT molecular complexity index is 1450. The van der Waals surface area contributed by atoms with Gasteiger partial charge in [0.2, 0.25) is 5.75 Å². The summed E-state index contributed by atoms with van der Waals surface area (Å²) in [6.07, 6.45) is 3.68. The Balaban J connectivity index is 1.13. The van der Waals surface area contributed by atoms with Crippen molar-refractivity contribution in [1.82, 2.24) is 9.80 Å². The number of hydrogen-bond donors (Lipinski definition) is 0. The molecule has 5 rings (SSSR count). The van der Waals surface area contributed by atoms with Crippen molar-refractivity contribution in [1.29, 1.82) is 0 Å². The molecule has 0 radical (unpaired) electrons. The number of anilines is 1. The molecule has 1 fully saturated rings. The minimum atomic E-state index is -0.125. The molecule has 2 heterocycles. The summed E-state index contributed by atoms with van der Waals surface area (Å²) in [5.41, 5.74) is 3.70.